The highest BCUT2D eigenvalue weighted by molar-refractivity contribution is 5.95. The standard InChI is InChI=1S/C20H28N2O5/c1-13-10-15(11-14(2)17(13)27-12-16(23)24)18(25)21-6-8-22(9-7-21)19(26)20(3,4)5/h10-11H,6-9,12H2,1-5H3,(H,23,24). The minimum atomic E-state index is -1.04. The summed E-state index contributed by atoms with van der Waals surface area (Å²) >= 11 is 0. The van der Waals surface area contributed by atoms with Crippen molar-refractivity contribution in [2.75, 3.05) is 32.8 Å². The van der Waals surface area contributed by atoms with Crippen molar-refractivity contribution in [3.63, 3.8) is 0 Å². The van der Waals surface area contributed by atoms with Gasteiger partial charge in [0.05, 0.1) is 0 Å². The number of carboxylic acids is 1. The van der Waals surface area contributed by atoms with Gasteiger partial charge in [-0.2, -0.15) is 0 Å². The Bertz CT molecular complexity index is 720. The summed E-state index contributed by atoms with van der Waals surface area (Å²) in [6.45, 7) is 10.9. The molecule has 0 unspecified atom stereocenters. The Morgan fingerprint density at radius 3 is 1.93 bits per heavy atom. The first-order chi connectivity index (χ1) is 12.5. The number of nitrogens with zero attached hydrogens (tertiary/aromatic N) is 2. The molecule has 0 aliphatic carbocycles. The number of aryl methyl sites for hydroxylation is 2. The zero-order valence-corrected chi connectivity index (χ0v) is 16.7. The number of carbonyl (C=O) groups is 3. The Balaban J connectivity index is 2.06. The van der Waals surface area contributed by atoms with Gasteiger partial charge in [0.25, 0.3) is 5.91 Å². The first kappa shape index (κ1) is 20.7. The monoisotopic (exact) mass is 376 g/mol. The molecule has 1 saturated heterocycles. The largest absolute Gasteiger partial charge is 0.481 e. The number of ether oxygens (including phenoxy) is 1. The molecule has 0 radical (unpaired) electrons. The fourth-order valence-corrected chi connectivity index (χ4v) is 3.20. The van der Waals surface area contributed by atoms with Crippen molar-refractivity contribution >= 4 is 17.8 Å². The predicted octanol–water partition coefficient (Wildman–Crippen LogP) is 2.10. The number of carboxylic acid groups (broad SMARTS) is 1. The Hall–Kier alpha value is -2.57. The van der Waals surface area contributed by atoms with E-state index in [1.54, 1.807) is 30.9 Å². The van der Waals surface area contributed by atoms with Crippen LogP contribution in [0.5, 0.6) is 5.75 Å². The highest BCUT2D eigenvalue weighted by Crippen LogP contribution is 2.26. The average Bonchev–Trinajstić information content (AvgIpc) is 2.58. The van der Waals surface area contributed by atoms with E-state index in [2.05, 4.69) is 0 Å². The quantitative estimate of drug-likeness (QED) is 0.870. The summed E-state index contributed by atoms with van der Waals surface area (Å²) in [6.07, 6.45) is 0. The van der Waals surface area contributed by atoms with Crippen LogP contribution in [0.3, 0.4) is 0 Å². The van der Waals surface area contributed by atoms with Gasteiger partial charge in [0.1, 0.15) is 5.75 Å². The molecule has 1 fully saturated rings. The lowest BCUT2D eigenvalue weighted by Crippen LogP contribution is -2.53. The van der Waals surface area contributed by atoms with E-state index < -0.39 is 18.0 Å². The van der Waals surface area contributed by atoms with Gasteiger partial charge in [0.15, 0.2) is 6.61 Å². The van der Waals surface area contributed by atoms with Crippen molar-refractivity contribution in [1.29, 1.82) is 0 Å². The van der Waals surface area contributed by atoms with Gasteiger partial charge in [0.2, 0.25) is 5.91 Å². The summed E-state index contributed by atoms with van der Waals surface area (Å²) in [6, 6.07) is 3.44. The number of carbonyl (C=O) groups excluding carboxylic acids is 2. The minimum absolute atomic E-state index is 0.0890. The zero-order valence-electron chi connectivity index (χ0n) is 16.7. The van der Waals surface area contributed by atoms with Crippen LogP contribution < -0.4 is 4.74 Å². The zero-order chi connectivity index (χ0) is 20.4. The second-order valence-corrected chi connectivity index (χ2v) is 7.96. The van der Waals surface area contributed by atoms with Gasteiger partial charge >= 0.3 is 5.97 Å². The lowest BCUT2D eigenvalue weighted by Gasteiger charge is -2.37. The number of hydrogen-bond donors (Lipinski definition) is 1. The van der Waals surface area contributed by atoms with Crippen molar-refractivity contribution in [2.45, 2.75) is 34.6 Å². The molecule has 0 spiro atoms. The molecule has 1 aliphatic heterocycles. The Morgan fingerprint density at radius 1 is 1.00 bits per heavy atom. The van der Waals surface area contributed by atoms with Gasteiger partial charge in [-0.3, -0.25) is 9.59 Å². The molecule has 1 aromatic rings. The molecule has 1 aliphatic rings. The molecule has 1 aromatic carbocycles. The van der Waals surface area contributed by atoms with E-state index in [9.17, 15) is 14.4 Å². The van der Waals surface area contributed by atoms with E-state index in [-0.39, 0.29) is 11.8 Å². The van der Waals surface area contributed by atoms with Crippen molar-refractivity contribution in [1.82, 2.24) is 9.80 Å². The third kappa shape index (κ3) is 4.99. The van der Waals surface area contributed by atoms with Crippen LogP contribution in [0, 0.1) is 19.3 Å². The number of benzene rings is 1. The van der Waals surface area contributed by atoms with E-state index >= 15 is 0 Å². The fourth-order valence-electron chi connectivity index (χ4n) is 3.20. The van der Waals surface area contributed by atoms with Crippen molar-refractivity contribution in [3.05, 3.63) is 28.8 Å². The maximum Gasteiger partial charge on any atom is 0.341 e. The summed E-state index contributed by atoms with van der Waals surface area (Å²) in [5.74, 6) is -0.541. The van der Waals surface area contributed by atoms with E-state index in [4.69, 9.17) is 9.84 Å². The summed E-state index contributed by atoms with van der Waals surface area (Å²) in [7, 11) is 0. The summed E-state index contributed by atoms with van der Waals surface area (Å²) in [5, 5.41) is 8.77. The third-order valence-electron chi connectivity index (χ3n) is 4.54. The van der Waals surface area contributed by atoms with E-state index in [1.807, 2.05) is 25.7 Å². The smallest absolute Gasteiger partial charge is 0.341 e. The first-order valence-corrected chi connectivity index (χ1v) is 9.05. The maximum atomic E-state index is 12.8. The number of amides is 2. The predicted molar refractivity (Wildman–Crippen MR) is 101 cm³/mol. The van der Waals surface area contributed by atoms with Gasteiger partial charge in [-0.1, -0.05) is 20.8 Å². The molecule has 0 atom stereocenters. The Morgan fingerprint density at radius 2 is 1.48 bits per heavy atom. The molecule has 2 rings (SSSR count). The van der Waals surface area contributed by atoms with Crippen LogP contribution in [0.4, 0.5) is 0 Å². The van der Waals surface area contributed by atoms with Gasteiger partial charge in [-0.15, -0.1) is 0 Å². The van der Waals surface area contributed by atoms with Crippen molar-refractivity contribution in [2.24, 2.45) is 5.41 Å². The van der Waals surface area contributed by atoms with Crippen LogP contribution in [0.1, 0.15) is 42.3 Å². The van der Waals surface area contributed by atoms with Crippen LogP contribution >= 0.6 is 0 Å². The Kier molecular flexibility index (Phi) is 6.13. The molecule has 148 valence electrons. The molecule has 7 nitrogen and oxygen atoms in total. The third-order valence-corrected chi connectivity index (χ3v) is 4.54. The van der Waals surface area contributed by atoms with Crippen LogP contribution in [-0.4, -0.2) is 65.5 Å². The second kappa shape index (κ2) is 7.98. The molecule has 0 saturated carbocycles. The van der Waals surface area contributed by atoms with Crippen LogP contribution in [-0.2, 0) is 9.59 Å². The van der Waals surface area contributed by atoms with Crippen molar-refractivity contribution in [3.8, 4) is 5.75 Å². The lowest BCUT2D eigenvalue weighted by molar-refractivity contribution is -0.141. The topological polar surface area (TPSA) is 87.2 Å². The summed E-state index contributed by atoms with van der Waals surface area (Å²) in [4.78, 5) is 39.5. The lowest BCUT2D eigenvalue weighted by atomic mass is 9.94. The van der Waals surface area contributed by atoms with E-state index in [0.717, 1.165) is 11.1 Å². The molecular weight excluding hydrogens is 348 g/mol. The normalized spacial score (nSPS) is 14.9. The van der Waals surface area contributed by atoms with Crippen LogP contribution in [0.2, 0.25) is 0 Å². The van der Waals surface area contributed by atoms with Crippen molar-refractivity contribution < 1.29 is 24.2 Å². The molecule has 2 amide bonds. The molecule has 27 heavy (non-hydrogen) atoms. The van der Waals surface area contributed by atoms with Crippen LogP contribution in [0.25, 0.3) is 0 Å². The van der Waals surface area contributed by atoms with Crippen LogP contribution in [0.15, 0.2) is 12.1 Å². The SMILES string of the molecule is Cc1cc(C(=O)N2CCN(C(=O)C(C)(C)C)CC2)cc(C)c1OCC(=O)O. The highest BCUT2D eigenvalue weighted by atomic mass is 16.5. The minimum Gasteiger partial charge on any atom is -0.481 e. The van der Waals surface area contributed by atoms with Gasteiger partial charge < -0.3 is 19.6 Å². The second-order valence-electron chi connectivity index (χ2n) is 7.96. The number of hydrogen-bond acceptors (Lipinski definition) is 4. The number of rotatable bonds is 4. The highest BCUT2D eigenvalue weighted by Gasteiger charge is 2.31. The van der Waals surface area contributed by atoms with E-state index in [0.29, 0.717) is 37.5 Å². The summed E-state index contributed by atoms with van der Waals surface area (Å²) in [5.41, 5.74) is 1.57. The fraction of sp³-hybridized carbons (Fsp3) is 0.550. The molecule has 7 heteroatoms. The van der Waals surface area contributed by atoms with Gasteiger partial charge in [-0.25, -0.2) is 4.79 Å². The molecule has 1 heterocycles. The number of piperazine rings is 1. The summed E-state index contributed by atoms with van der Waals surface area (Å²) < 4.78 is 5.31. The molecule has 1 N–H and O–H groups in total. The van der Waals surface area contributed by atoms with Gasteiger partial charge in [0, 0.05) is 37.2 Å². The average molecular weight is 376 g/mol. The molecular formula is C20H28N2O5. The molecule has 0 aromatic heterocycles. The molecule has 0 bridgehead atoms. The van der Waals surface area contributed by atoms with Gasteiger partial charge in [-0.05, 0) is 37.1 Å². The van der Waals surface area contributed by atoms with E-state index in [1.165, 1.54) is 0 Å². The number of aliphatic carboxylic acids is 1. The maximum absolute atomic E-state index is 12.8. The Labute approximate surface area is 159 Å². The first-order valence-electron chi connectivity index (χ1n) is 9.05.